The highest BCUT2D eigenvalue weighted by molar-refractivity contribution is 9.10. The molecule has 3 rings (SSSR count). The minimum absolute atomic E-state index is 0.0435. The molecule has 0 bridgehead atoms. The van der Waals surface area contributed by atoms with E-state index in [1.165, 1.54) is 0 Å². The standard InChI is InChI=1S/C17H17BrN2O2/c1-3-15-13(12-6-4-5-7-16(12)22-15)10-20(2)17(21)14-8-11(18)9-19-14/h4-9,19H,3,10H2,1-2H3. The molecule has 2 aromatic heterocycles. The van der Waals surface area contributed by atoms with Crippen LogP contribution >= 0.6 is 15.9 Å². The van der Waals surface area contributed by atoms with Gasteiger partial charge in [0.15, 0.2) is 0 Å². The molecule has 1 amide bonds. The van der Waals surface area contributed by atoms with E-state index in [1.54, 1.807) is 24.2 Å². The molecule has 0 fully saturated rings. The second-order valence-electron chi connectivity index (χ2n) is 5.25. The lowest BCUT2D eigenvalue weighted by molar-refractivity contribution is 0.0780. The van der Waals surface area contributed by atoms with Gasteiger partial charge >= 0.3 is 0 Å². The Morgan fingerprint density at radius 3 is 2.82 bits per heavy atom. The first-order valence-corrected chi connectivity index (χ1v) is 7.98. The molecule has 22 heavy (non-hydrogen) atoms. The summed E-state index contributed by atoms with van der Waals surface area (Å²) in [6.45, 7) is 2.58. The van der Waals surface area contributed by atoms with Gasteiger partial charge in [-0.2, -0.15) is 0 Å². The first-order chi connectivity index (χ1) is 10.6. The van der Waals surface area contributed by atoms with Crippen LogP contribution < -0.4 is 0 Å². The summed E-state index contributed by atoms with van der Waals surface area (Å²) in [7, 11) is 1.80. The van der Waals surface area contributed by atoms with Gasteiger partial charge in [-0.15, -0.1) is 0 Å². The normalized spacial score (nSPS) is 11.0. The molecule has 0 aliphatic heterocycles. The van der Waals surface area contributed by atoms with Crippen molar-refractivity contribution in [3.8, 4) is 0 Å². The minimum Gasteiger partial charge on any atom is -0.461 e. The maximum absolute atomic E-state index is 12.5. The lowest BCUT2D eigenvalue weighted by Gasteiger charge is -2.16. The van der Waals surface area contributed by atoms with Gasteiger partial charge in [-0.05, 0) is 28.1 Å². The SMILES string of the molecule is CCc1oc2ccccc2c1CN(C)C(=O)c1cc(Br)c[nH]1. The molecular formula is C17H17BrN2O2. The van der Waals surface area contributed by atoms with E-state index in [2.05, 4.69) is 27.8 Å². The molecule has 2 heterocycles. The average molecular weight is 361 g/mol. The third-order valence-electron chi connectivity index (χ3n) is 3.72. The number of H-pyrrole nitrogens is 1. The number of aryl methyl sites for hydroxylation is 1. The van der Waals surface area contributed by atoms with E-state index >= 15 is 0 Å². The number of rotatable bonds is 4. The van der Waals surface area contributed by atoms with Crippen molar-refractivity contribution in [1.29, 1.82) is 0 Å². The zero-order valence-corrected chi connectivity index (χ0v) is 14.1. The number of fused-ring (bicyclic) bond motifs is 1. The highest BCUT2D eigenvalue weighted by Gasteiger charge is 2.19. The number of carbonyl (C=O) groups is 1. The van der Waals surface area contributed by atoms with Crippen molar-refractivity contribution < 1.29 is 9.21 Å². The van der Waals surface area contributed by atoms with Crippen molar-refractivity contribution in [2.24, 2.45) is 0 Å². The van der Waals surface area contributed by atoms with Crippen LogP contribution in [0.1, 0.15) is 28.7 Å². The summed E-state index contributed by atoms with van der Waals surface area (Å²) >= 11 is 3.35. The van der Waals surface area contributed by atoms with E-state index in [-0.39, 0.29) is 5.91 Å². The summed E-state index contributed by atoms with van der Waals surface area (Å²) in [5.41, 5.74) is 2.53. The number of carbonyl (C=O) groups excluding carboxylic acids is 1. The van der Waals surface area contributed by atoms with Gasteiger partial charge in [0.25, 0.3) is 5.91 Å². The van der Waals surface area contributed by atoms with E-state index in [0.29, 0.717) is 12.2 Å². The average Bonchev–Trinajstić information content (AvgIpc) is 3.10. The molecule has 0 saturated carbocycles. The molecule has 0 saturated heterocycles. The maximum Gasteiger partial charge on any atom is 0.270 e. The Bertz CT molecular complexity index is 819. The predicted molar refractivity (Wildman–Crippen MR) is 89.9 cm³/mol. The summed E-state index contributed by atoms with van der Waals surface area (Å²) < 4.78 is 6.75. The van der Waals surface area contributed by atoms with E-state index in [1.807, 2.05) is 24.3 Å². The lowest BCUT2D eigenvalue weighted by Crippen LogP contribution is -2.26. The number of halogens is 1. The van der Waals surface area contributed by atoms with Gasteiger partial charge in [0.05, 0.1) is 0 Å². The zero-order chi connectivity index (χ0) is 15.7. The molecule has 4 nitrogen and oxygen atoms in total. The van der Waals surface area contributed by atoms with Crippen LogP contribution in [-0.4, -0.2) is 22.8 Å². The molecule has 0 aliphatic carbocycles. The van der Waals surface area contributed by atoms with E-state index < -0.39 is 0 Å². The number of hydrogen-bond donors (Lipinski definition) is 1. The second kappa shape index (κ2) is 6.01. The van der Waals surface area contributed by atoms with Crippen molar-refractivity contribution in [2.45, 2.75) is 19.9 Å². The minimum atomic E-state index is -0.0435. The topological polar surface area (TPSA) is 49.2 Å². The highest BCUT2D eigenvalue weighted by atomic mass is 79.9. The second-order valence-corrected chi connectivity index (χ2v) is 6.16. The monoisotopic (exact) mass is 360 g/mol. The Balaban J connectivity index is 1.90. The van der Waals surface area contributed by atoms with Crippen LogP contribution in [0.25, 0.3) is 11.0 Å². The van der Waals surface area contributed by atoms with E-state index in [0.717, 1.165) is 33.2 Å². The van der Waals surface area contributed by atoms with Crippen molar-refractivity contribution in [3.05, 3.63) is 58.0 Å². The molecule has 5 heteroatoms. The number of hydrogen-bond acceptors (Lipinski definition) is 2. The van der Waals surface area contributed by atoms with Crippen LogP contribution in [0.3, 0.4) is 0 Å². The number of amides is 1. The third kappa shape index (κ3) is 2.68. The van der Waals surface area contributed by atoms with Gasteiger partial charge in [0.2, 0.25) is 0 Å². The first kappa shape index (κ1) is 14.9. The van der Waals surface area contributed by atoms with Crippen LogP contribution in [0.4, 0.5) is 0 Å². The number of aromatic amines is 1. The van der Waals surface area contributed by atoms with Crippen molar-refractivity contribution in [3.63, 3.8) is 0 Å². The van der Waals surface area contributed by atoms with E-state index in [4.69, 9.17) is 4.42 Å². The van der Waals surface area contributed by atoms with Crippen LogP contribution in [0.2, 0.25) is 0 Å². The van der Waals surface area contributed by atoms with E-state index in [9.17, 15) is 4.79 Å². The number of benzene rings is 1. The molecular weight excluding hydrogens is 344 g/mol. The number of nitrogens with one attached hydrogen (secondary N) is 1. The van der Waals surface area contributed by atoms with Crippen molar-refractivity contribution in [1.82, 2.24) is 9.88 Å². The van der Waals surface area contributed by atoms with Gasteiger partial charge in [0, 0.05) is 41.6 Å². The highest BCUT2D eigenvalue weighted by Crippen LogP contribution is 2.27. The molecule has 1 N–H and O–H groups in total. The lowest BCUT2D eigenvalue weighted by atomic mass is 10.1. The van der Waals surface area contributed by atoms with Crippen molar-refractivity contribution >= 4 is 32.8 Å². The summed E-state index contributed by atoms with van der Waals surface area (Å²) in [4.78, 5) is 17.1. The molecule has 0 aliphatic rings. The number of para-hydroxylation sites is 1. The summed E-state index contributed by atoms with van der Waals surface area (Å²) in [6.07, 6.45) is 2.56. The first-order valence-electron chi connectivity index (χ1n) is 7.18. The quantitative estimate of drug-likeness (QED) is 0.751. The fourth-order valence-corrected chi connectivity index (χ4v) is 2.96. The number of furan rings is 1. The molecule has 0 radical (unpaired) electrons. The molecule has 0 unspecified atom stereocenters. The Labute approximate surface area is 137 Å². The Morgan fingerprint density at radius 1 is 1.36 bits per heavy atom. The maximum atomic E-state index is 12.5. The van der Waals surface area contributed by atoms with Gasteiger partial charge in [0.1, 0.15) is 17.0 Å². The largest absolute Gasteiger partial charge is 0.461 e. The summed E-state index contributed by atoms with van der Waals surface area (Å²) in [6, 6.07) is 9.73. The van der Waals surface area contributed by atoms with Gasteiger partial charge in [-0.25, -0.2) is 0 Å². The molecule has 0 atom stereocenters. The Hall–Kier alpha value is -2.01. The van der Waals surface area contributed by atoms with Gasteiger partial charge in [-0.1, -0.05) is 25.1 Å². The van der Waals surface area contributed by atoms with Gasteiger partial charge in [-0.3, -0.25) is 4.79 Å². The fraction of sp³-hybridized carbons (Fsp3) is 0.235. The molecule has 1 aromatic carbocycles. The predicted octanol–water partition coefficient (Wildman–Crippen LogP) is 4.36. The smallest absolute Gasteiger partial charge is 0.270 e. The fourth-order valence-electron chi connectivity index (χ4n) is 2.61. The zero-order valence-electron chi connectivity index (χ0n) is 12.5. The Morgan fingerprint density at radius 2 is 2.14 bits per heavy atom. The number of aromatic nitrogens is 1. The third-order valence-corrected chi connectivity index (χ3v) is 4.18. The van der Waals surface area contributed by atoms with Gasteiger partial charge < -0.3 is 14.3 Å². The molecule has 114 valence electrons. The van der Waals surface area contributed by atoms with Crippen LogP contribution in [-0.2, 0) is 13.0 Å². The van der Waals surface area contributed by atoms with Crippen LogP contribution in [0.15, 0.2) is 45.4 Å². The van der Waals surface area contributed by atoms with Crippen molar-refractivity contribution in [2.75, 3.05) is 7.05 Å². The number of nitrogens with zero attached hydrogens (tertiary/aromatic N) is 1. The Kier molecular flexibility index (Phi) is 4.07. The summed E-state index contributed by atoms with van der Waals surface area (Å²) in [5, 5.41) is 1.08. The van der Waals surface area contributed by atoms with Crippen LogP contribution in [0.5, 0.6) is 0 Å². The molecule has 3 aromatic rings. The summed E-state index contributed by atoms with van der Waals surface area (Å²) in [5.74, 6) is 0.895. The molecule has 0 spiro atoms. The van der Waals surface area contributed by atoms with Crippen LogP contribution in [0, 0.1) is 0 Å².